The summed E-state index contributed by atoms with van der Waals surface area (Å²) in [5.41, 5.74) is 52.1. The van der Waals surface area contributed by atoms with Crippen LogP contribution in [0, 0.1) is 6.92 Å². The number of hydrogen-bond donors (Lipinski definition) is 11. The minimum atomic E-state index is -0.00612. The van der Waals surface area contributed by atoms with Gasteiger partial charge in [-0.1, -0.05) is 47.5 Å². The molecule has 41 heteroatoms. The smallest absolute Gasteiger partial charge is 0.173 e. The van der Waals surface area contributed by atoms with Crippen LogP contribution in [-0.4, -0.2) is 156 Å². The summed E-state index contributed by atoms with van der Waals surface area (Å²) in [6, 6.07) is 27.5. The molecule has 0 fully saturated rings. The van der Waals surface area contributed by atoms with Gasteiger partial charge in [0.1, 0.15) is 124 Å². The summed E-state index contributed by atoms with van der Waals surface area (Å²) in [4.78, 5) is 61.0. The Morgan fingerprint density at radius 1 is 0.417 bits per heavy atom. The highest BCUT2D eigenvalue weighted by Crippen LogP contribution is 2.40. The van der Waals surface area contributed by atoms with Crippen molar-refractivity contribution in [3.05, 3.63) is 167 Å². The number of benzene rings is 4. The molecule has 0 aliphatic heterocycles. The number of hydrogen-bond acceptors (Lipinski definition) is 31. The Kier molecular flexibility index (Phi) is 20.6. The lowest BCUT2D eigenvalue weighted by Gasteiger charge is -2.03. The van der Waals surface area contributed by atoms with Crippen LogP contribution in [0.3, 0.4) is 0 Å². The number of thiophene rings is 2. The van der Waals surface area contributed by atoms with Crippen LogP contribution in [0.1, 0.15) is 10.7 Å². The van der Waals surface area contributed by atoms with Gasteiger partial charge in [0.25, 0.3) is 0 Å². The van der Waals surface area contributed by atoms with Crippen molar-refractivity contribution in [2.24, 2.45) is 42.3 Å². The second-order valence-corrected chi connectivity index (χ2v) is 28.2. The Hall–Kier alpha value is -14.7. The summed E-state index contributed by atoms with van der Waals surface area (Å²) >= 11 is 15.0. The number of aromatic hydroxyl groups is 2. The van der Waals surface area contributed by atoms with Gasteiger partial charge in [0.2, 0.25) is 0 Å². The number of nitrogens with two attached hydrogens (primary N) is 6. The molecule has 4 aromatic carbocycles. The molecule has 578 valence electrons. The third-order valence-electron chi connectivity index (χ3n) is 18.2. The Bertz CT molecular complexity index is 6950. The summed E-state index contributed by atoms with van der Waals surface area (Å²) in [5.74, 6) is 3.40. The zero-order chi connectivity index (χ0) is 80.8. The molecule has 0 unspecified atom stereocenters. The molecule has 0 spiro atoms. The van der Waals surface area contributed by atoms with Gasteiger partial charge in [0.05, 0.1) is 67.1 Å². The SMILES string of the molecule is COc1cc(-c2nn(C)c3ncnc(N)c23)cs1.Cc1nc2ccc(-c3nn(C)c4ncnc(N)c34)cc2[nH]1.Cn1nc(-c2cc(O)ccc2Cl)c2c(N)ncnc21.Cn1nc(-c2ccc(Cl)c(O)c2)c2c(N)ncnc21.Cn1nc(-c2ccc3cc[nH]c3c2)c2c(N)ncnc21.Cn1nc(-c2csc(CO)c2)c2c(N)ncnc21. The lowest BCUT2D eigenvalue weighted by Crippen LogP contribution is -1.95. The standard InChI is InChI=1S/C14H13N7.C14H12N6.2C12H10ClN5O.2C11H11N5OS/c1-7-18-9-4-3-8(5-10(9)19-7)12-11-13(15)16-6-17-14(11)21(2)20-12;1-20-14-11(13(15)17-7-18-14)12(19-20)9-3-2-8-4-5-16-10(8)6-9;1-18-12-9(11(14)15-5-16-12)10(17-18)7-4-6(19)2-3-8(7)13;1-18-12-9(11(14)15-5-16-12)10(17-18)6-2-3-7(13)8(19)4-6;1-16-11-8(10(12)13-5-14-11)9(15-16)6-3-7(17-2)18-4-6;1-16-11-8(10(12)13-5-14-11)9(15-16)6-2-7(3-17)18-4-6/h3-6H,1-2H3,(H,18,19)(H2,15,16,17);2-7,16H,1H3,(H2,15,17,18);2*2-5,19H,1H3,(H2,14,15,16);3-5H,1-2H3,(H2,12,13,14);2,4-5,17H,3H2,1H3,(H2,12,13,14). The molecule has 37 nitrogen and oxygen atoms in total. The Morgan fingerprint density at radius 2 is 0.800 bits per heavy atom. The number of nitrogens with one attached hydrogen (secondary N) is 2. The number of H-pyrrole nitrogens is 2. The Morgan fingerprint density at radius 3 is 1.23 bits per heavy atom. The molecule has 0 saturated carbocycles. The predicted octanol–water partition coefficient (Wildman–Crippen LogP) is 10.7. The highest BCUT2D eigenvalue weighted by Gasteiger charge is 2.23. The number of methoxy groups -OCH3 is 1. The first-order valence-corrected chi connectivity index (χ1v) is 36.9. The molecule has 0 saturated heterocycles. The van der Waals surface area contributed by atoms with Crippen LogP contribution >= 0.6 is 45.9 Å². The highest BCUT2D eigenvalue weighted by atomic mass is 35.5. The van der Waals surface area contributed by atoms with Crippen LogP contribution in [-0.2, 0) is 48.9 Å². The summed E-state index contributed by atoms with van der Waals surface area (Å²) in [6.07, 6.45) is 10.5. The number of fused-ring (bicyclic) bond motifs is 8. The maximum atomic E-state index is 9.68. The molecule has 16 heterocycles. The Labute approximate surface area is 666 Å². The first kappa shape index (κ1) is 75.7. The normalized spacial score (nSPS) is 11.2. The van der Waals surface area contributed by atoms with E-state index in [4.69, 9.17) is 67.4 Å². The van der Waals surface area contributed by atoms with Gasteiger partial charge in [0.15, 0.2) is 38.9 Å². The number of aryl methyl sites for hydroxylation is 7. The minimum absolute atomic E-state index is 0.00612. The number of nitrogens with zero attached hydrogens (tertiary/aromatic N) is 25. The van der Waals surface area contributed by atoms with E-state index < -0.39 is 0 Å². The van der Waals surface area contributed by atoms with E-state index in [-0.39, 0.29) is 23.1 Å². The average Bonchev–Trinajstić information content (AvgIpc) is 1.66. The summed E-state index contributed by atoms with van der Waals surface area (Å²) < 4.78 is 15.2. The molecular formula is C74H67Cl2N33O4S2. The summed E-state index contributed by atoms with van der Waals surface area (Å²) in [5, 5.41) is 66.1. The monoisotopic (exact) mass is 1620 g/mol. The van der Waals surface area contributed by atoms with Gasteiger partial charge in [-0.3, -0.25) is 0 Å². The van der Waals surface area contributed by atoms with Crippen molar-refractivity contribution in [3.63, 3.8) is 0 Å². The number of aliphatic hydroxyl groups is 1. The maximum absolute atomic E-state index is 9.68. The molecule has 0 atom stereocenters. The van der Waals surface area contributed by atoms with E-state index >= 15 is 0 Å². The fourth-order valence-corrected chi connectivity index (χ4v) is 14.6. The van der Waals surface area contributed by atoms with Crippen LogP contribution in [0.15, 0.2) is 146 Å². The van der Waals surface area contributed by atoms with E-state index in [1.165, 1.54) is 84.2 Å². The van der Waals surface area contributed by atoms with Crippen LogP contribution in [0.25, 0.3) is 156 Å². The number of rotatable bonds is 8. The van der Waals surface area contributed by atoms with Crippen LogP contribution in [0.4, 0.5) is 34.9 Å². The lowest BCUT2D eigenvalue weighted by atomic mass is 10.1. The number of nitrogen functional groups attached to an aromatic ring is 6. The molecule has 0 aliphatic rings. The topological polar surface area (TPSA) is 532 Å². The number of phenolic OH excluding ortho intramolecular Hbond substituents is 2. The number of phenols is 2. The quantitative estimate of drug-likeness (QED) is 0.0673. The van der Waals surface area contributed by atoms with E-state index in [0.29, 0.717) is 90.2 Å². The fourth-order valence-electron chi connectivity index (χ4n) is 12.8. The van der Waals surface area contributed by atoms with Crippen LogP contribution in [0.5, 0.6) is 16.6 Å². The van der Waals surface area contributed by atoms with Crippen molar-refractivity contribution >= 4 is 169 Å². The van der Waals surface area contributed by atoms with Crippen molar-refractivity contribution in [2.45, 2.75) is 13.5 Å². The van der Waals surface area contributed by atoms with E-state index in [1.54, 1.807) is 67.5 Å². The number of aromatic nitrogens is 27. The number of anilines is 6. The lowest BCUT2D eigenvalue weighted by molar-refractivity contribution is 0.285. The van der Waals surface area contributed by atoms with Gasteiger partial charge in [-0.2, -0.15) is 30.6 Å². The third-order valence-corrected chi connectivity index (χ3v) is 20.6. The van der Waals surface area contributed by atoms with E-state index in [2.05, 4.69) is 117 Å². The van der Waals surface area contributed by atoms with Crippen molar-refractivity contribution in [3.8, 4) is 84.1 Å². The fraction of sp³-hybridized carbons (Fsp3) is 0.122. The van der Waals surface area contributed by atoms with Crippen molar-refractivity contribution in [2.75, 3.05) is 41.5 Å². The molecule has 0 amide bonds. The maximum Gasteiger partial charge on any atom is 0.173 e. The van der Waals surface area contributed by atoms with Gasteiger partial charge >= 0.3 is 0 Å². The molecule has 20 aromatic rings. The van der Waals surface area contributed by atoms with E-state index in [0.717, 1.165) is 116 Å². The van der Waals surface area contributed by atoms with Gasteiger partial charge in [0, 0.05) is 109 Å². The largest absolute Gasteiger partial charge is 0.508 e. The first-order chi connectivity index (χ1) is 55.4. The minimum Gasteiger partial charge on any atom is -0.508 e. The zero-order valence-corrected chi connectivity index (χ0v) is 65.2. The highest BCUT2D eigenvalue weighted by molar-refractivity contribution is 7.12. The van der Waals surface area contributed by atoms with Crippen molar-refractivity contribution in [1.82, 2.24) is 133 Å². The number of aliphatic hydroxyl groups excluding tert-OH is 1. The van der Waals surface area contributed by atoms with Crippen molar-refractivity contribution < 1.29 is 20.1 Å². The summed E-state index contributed by atoms with van der Waals surface area (Å²) in [7, 11) is 12.5. The molecule has 20 rings (SSSR count). The van der Waals surface area contributed by atoms with Crippen LogP contribution < -0.4 is 39.1 Å². The van der Waals surface area contributed by atoms with Gasteiger partial charge in [-0.05, 0) is 73.0 Å². The Balaban J connectivity index is 0.000000109. The van der Waals surface area contributed by atoms with Gasteiger partial charge < -0.3 is 64.4 Å². The zero-order valence-electron chi connectivity index (χ0n) is 62.0. The third kappa shape index (κ3) is 14.7. The van der Waals surface area contributed by atoms with E-state index in [9.17, 15) is 10.2 Å². The number of imidazole rings is 1. The van der Waals surface area contributed by atoms with Gasteiger partial charge in [-0.15, -0.1) is 22.7 Å². The molecular weight excluding hydrogens is 1550 g/mol. The first-order valence-electron chi connectivity index (χ1n) is 34.4. The molecule has 17 N–H and O–H groups in total. The number of ether oxygens (including phenoxy) is 1. The number of halogens is 2. The van der Waals surface area contributed by atoms with Gasteiger partial charge in [-0.25, -0.2) is 92.9 Å². The predicted molar refractivity (Wildman–Crippen MR) is 445 cm³/mol. The molecule has 0 aliphatic carbocycles. The van der Waals surface area contributed by atoms with Crippen LogP contribution in [0.2, 0.25) is 10.0 Å². The molecule has 16 aromatic heterocycles. The van der Waals surface area contributed by atoms with E-state index in [1.807, 2.05) is 94.5 Å². The number of aromatic amines is 2. The van der Waals surface area contributed by atoms with Crippen molar-refractivity contribution in [1.29, 1.82) is 0 Å². The second-order valence-electron chi connectivity index (χ2n) is 25.6. The summed E-state index contributed by atoms with van der Waals surface area (Å²) in [6.45, 7) is 1.96. The average molecular weight is 1620 g/mol. The molecule has 0 bridgehead atoms. The molecule has 0 radical (unpaired) electrons. The molecule has 115 heavy (non-hydrogen) atoms. The second kappa shape index (κ2) is 31.2.